The third-order valence-electron chi connectivity index (χ3n) is 3.02. The van der Waals surface area contributed by atoms with E-state index in [0.29, 0.717) is 6.41 Å². The van der Waals surface area contributed by atoms with E-state index in [0.717, 1.165) is 0 Å². The molecule has 0 aliphatic carbocycles. The molecule has 0 saturated heterocycles. The van der Waals surface area contributed by atoms with Crippen LogP contribution < -0.4 is 27.0 Å². The maximum Gasteiger partial charge on any atom is 0.243 e. The van der Waals surface area contributed by atoms with Crippen LogP contribution in [0.4, 0.5) is 0 Å². The van der Waals surface area contributed by atoms with Gasteiger partial charge in [-0.15, -0.1) is 0 Å². The highest BCUT2D eigenvalue weighted by Crippen LogP contribution is 2.00. The van der Waals surface area contributed by atoms with Gasteiger partial charge in [-0.25, -0.2) is 0 Å². The first-order valence-corrected chi connectivity index (χ1v) is 7.03. The molecule has 0 fully saturated rings. The normalized spacial score (nSPS) is 13.9. The lowest BCUT2D eigenvalue weighted by Gasteiger charge is -2.22. The van der Waals surface area contributed by atoms with Gasteiger partial charge in [0.15, 0.2) is 0 Å². The van der Waals surface area contributed by atoms with Crippen LogP contribution in [0.2, 0.25) is 0 Å². The number of primary amides is 1. The quantitative estimate of drug-likeness (QED) is 0.272. The third-order valence-corrected chi connectivity index (χ3v) is 3.02. The second-order valence-electron chi connectivity index (χ2n) is 4.92. The van der Waals surface area contributed by atoms with Gasteiger partial charge >= 0.3 is 0 Å². The SMILES string of the molecule is CNC(=O)C(C)NC(=O)C(CCC(N)=O)NC(=O)C(C)NC=O. The predicted octanol–water partition coefficient (Wildman–Crippen LogP) is -2.88. The van der Waals surface area contributed by atoms with E-state index in [2.05, 4.69) is 21.3 Å². The zero-order chi connectivity index (χ0) is 18.0. The van der Waals surface area contributed by atoms with Gasteiger partial charge in [-0.2, -0.15) is 0 Å². The summed E-state index contributed by atoms with van der Waals surface area (Å²) < 4.78 is 0. The first-order valence-electron chi connectivity index (χ1n) is 7.03. The van der Waals surface area contributed by atoms with Crippen molar-refractivity contribution in [2.75, 3.05) is 7.05 Å². The number of amides is 5. The summed E-state index contributed by atoms with van der Waals surface area (Å²) in [5, 5.41) is 9.44. The van der Waals surface area contributed by atoms with Gasteiger partial charge in [0.1, 0.15) is 18.1 Å². The first-order chi connectivity index (χ1) is 10.7. The minimum absolute atomic E-state index is 0.0266. The monoisotopic (exact) mass is 329 g/mol. The Hall–Kier alpha value is -2.65. The summed E-state index contributed by atoms with van der Waals surface area (Å²) in [5.41, 5.74) is 5.04. The first kappa shape index (κ1) is 20.3. The maximum atomic E-state index is 12.2. The summed E-state index contributed by atoms with van der Waals surface area (Å²) in [4.78, 5) is 56.6. The Morgan fingerprint density at radius 3 is 2.09 bits per heavy atom. The number of carbonyl (C=O) groups is 5. The highest BCUT2D eigenvalue weighted by molar-refractivity contribution is 5.93. The van der Waals surface area contributed by atoms with Gasteiger partial charge in [-0.3, -0.25) is 24.0 Å². The molecule has 0 aliphatic heterocycles. The minimum Gasteiger partial charge on any atom is -0.370 e. The van der Waals surface area contributed by atoms with Crippen LogP contribution in [0.15, 0.2) is 0 Å². The zero-order valence-corrected chi connectivity index (χ0v) is 13.3. The van der Waals surface area contributed by atoms with Crippen molar-refractivity contribution < 1.29 is 24.0 Å². The summed E-state index contributed by atoms with van der Waals surface area (Å²) in [6.45, 7) is 2.90. The molecule has 3 unspecified atom stereocenters. The molecule has 23 heavy (non-hydrogen) atoms. The molecule has 0 radical (unpaired) electrons. The van der Waals surface area contributed by atoms with Gasteiger partial charge in [0.2, 0.25) is 30.0 Å². The molecule has 0 aliphatic rings. The van der Waals surface area contributed by atoms with Crippen LogP contribution in [0.5, 0.6) is 0 Å². The highest BCUT2D eigenvalue weighted by atomic mass is 16.2. The van der Waals surface area contributed by atoms with Crippen molar-refractivity contribution in [3.63, 3.8) is 0 Å². The topological polar surface area (TPSA) is 159 Å². The van der Waals surface area contributed by atoms with Gasteiger partial charge in [0, 0.05) is 13.5 Å². The van der Waals surface area contributed by atoms with Gasteiger partial charge in [0.05, 0.1) is 0 Å². The fraction of sp³-hybridized carbons (Fsp3) is 0.615. The Morgan fingerprint density at radius 1 is 1.00 bits per heavy atom. The second-order valence-corrected chi connectivity index (χ2v) is 4.92. The Bertz CT molecular complexity index is 468. The molecule has 0 aromatic rings. The van der Waals surface area contributed by atoms with Crippen LogP contribution in [0.1, 0.15) is 26.7 Å². The van der Waals surface area contributed by atoms with E-state index >= 15 is 0 Å². The van der Waals surface area contributed by atoms with E-state index in [1.807, 2.05) is 0 Å². The zero-order valence-electron chi connectivity index (χ0n) is 13.3. The van der Waals surface area contributed by atoms with Crippen LogP contribution in [0, 0.1) is 0 Å². The number of carbonyl (C=O) groups excluding carboxylic acids is 5. The number of hydrogen-bond donors (Lipinski definition) is 5. The molecule has 0 bridgehead atoms. The molecule has 6 N–H and O–H groups in total. The lowest BCUT2D eigenvalue weighted by Crippen LogP contribution is -2.55. The predicted molar refractivity (Wildman–Crippen MR) is 80.7 cm³/mol. The summed E-state index contributed by atoms with van der Waals surface area (Å²) >= 11 is 0. The molecule has 0 saturated carbocycles. The molecule has 130 valence electrons. The van der Waals surface area contributed by atoms with Gasteiger partial charge in [0.25, 0.3) is 0 Å². The van der Waals surface area contributed by atoms with E-state index in [1.165, 1.54) is 20.9 Å². The van der Waals surface area contributed by atoms with Crippen molar-refractivity contribution in [1.82, 2.24) is 21.3 Å². The lowest BCUT2D eigenvalue weighted by molar-refractivity contribution is -0.133. The van der Waals surface area contributed by atoms with Gasteiger partial charge in [-0.05, 0) is 20.3 Å². The van der Waals surface area contributed by atoms with Crippen molar-refractivity contribution in [3.05, 3.63) is 0 Å². The molecular formula is C13H23N5O5. The highest BCUT2D eigenvalue weighted by Gasteiger charge is 2.26. The molecule has 0 spiro atoms. The molecule has 3 atom stereocenters. The smallest absolute Gasteiger partial charge is 0.243 e. The summed E-state index contributed by atoms with van der Waals surface area (Å²) in [6.07, 6.45) is 0.208. The van der Waals surface area contributed by atoms with E-state index in [1.54, 1.807) is 0 Å². The molecule has 10 nitrogen and oxygen atoms in total. The molecule has 10 heteroatoms. The largest absolute Gasteiger partial charge is 0.370 e. The van der Waals surface area contributed by atoms with E-state index < -0.39 is 41.8 Å². The third kappa shape index (κ3) is 7.79. The molecule has 0 aromatic heterocycles. The van der Waals surface area contributed by atoms with Crippen LogP contribution in [0.25, 0.3) is 0 Å². The average Bonchev–Trinajstić information content (AvgIpc) is 2.49. The Kier molecular flexibility index (Phi) is 8.97. The number of hydrogen-bond acceptors (Lipinski definition) is 5. The number of rotatable bonds is 10. The lowest BCUT2D eigenvalue weighted by atomic mass is 10.1. The molecule has 0 heterocycles. The number of nitrogens with one attached hydrogen (secondary N) is 4. The average molecular weight is 329 g/mol. The van der Waals surface area contributed by atoms with Crippen molar-refractivity contribution in [2.24, 2.45) is 5.73 Å². The standard InChI is InChI=1S/C13H23N5O5/c1-7(16-6-19)12(22)18-9(4-5-10(14)20)13(23)17-8(2)11(21)15-3/h6-9H,4-5H2,1-3H3,(H2,14,20)(H,15,21)(H,16,19)(H,17,23)(H,18,22). The molecule has 0 rings (SSSR count). The van der Waals surface area contributed by atoms with Crippen LogP contribution >= 0.6 is 0 Å². The maximum absolute atomic E-state index is 12.2. The van der Waals surface area contributed by atoms with Crippen LogP contribution in [0.3, 0.4) is 0 Å². The fourth-order valence-electron chi connectivity index (χ4n) is 1.63. The summed E-state index contributed by atoms with van der Waals surface area (Å²) in [5.74, 6) is -2.27. The summed E-state index contributed by atoms with van der Waals surface area (Å²) in [6, 6.07) is -2.73. The van der Waals surface area contributed by atoms with E-state index in [4.69, 9.17) is 5.73 Å². The molecule has 0 aromatic carbocycles. The fourth-order valence-corrected chi connectivity index (χ4v) is 1.63. The van der Waals surface area contributed by atoms with E-state index in [-0.39, 0.29) is 12.8 Å². The van der Waals surface area contributed by atoms with Crippen LogP contribution in [-0.2, 0) is 24.0 Å². The van der Waals surface area contributed by atoms with Crippen LogP contribution in [-0.4, -0.2) is 55.2 Å². The molecule has 5 amide bonds. The van der Waals surface area contributed by atoms with Crippen molar-refractivity contribution in [1.29, 1.82) is 0 Å². The van der Waals surface area contributed by atoms with Crippen molar-refractivity contribution in [3.8, 4) is 0 Å². The van der Waals surface area contributed by atoms with Gasteiger partial charge in [-0.1, -0.05) is 0 Å². The van der Waals surface area contributed by atoms with Crippen molar-refractivity contribution >= 4 is 30.0 Å². The van der Waals surface area contributed by atoms with E-state index in [9.17, 15) is 24.0 Å². The molecular weight excluding hydrogens is 306 g/mol. The van der Waals surface area contributed by atoms with Crippen molar-refractivity contribution in [2.45, 2.75) is 44.8 Å². The summed E-state index contributed by atoms with van der Waals surface area (Å²) in [7, 11) is 1.42. The van der Waals surface area contributed by atoms with Gasteiger partial charge < -0.3 is 27.0 Å². The Balaban J connectivity index is 4.87. The second kappa shape index (κ2) is 10.1. The number of likely N-dealkylation sites (N-methyl/N-ethyl adjacent to an activating group) is 1. The number of nitrogens with two attached hydrogens (primary N) is 1. The Labute approximate surface area is 133 Å². The minimum atomic E-state index is -1.06. The Morgan fingerprint density at radius 2 is 1.61 bits per heavy atom.